The second-order valence-corrected chi connectivity index (χ2v) is 5.41. The van der Waals surface area contributed by atoms with Crippen LogP contribution in [0, 0.1) is 0 Å². The number of hydrogen-bond acceptors (Lipinski definition) is 3. The summed E-state index contributed by atoms with van der Waals surface area (Å²) in [5.41, 5.74) is 1.14. The van der Waals surface area contributed by atoms with Gasteiger partial charge in [0, 0.05) is 39.4 Å². The van der Waals surface area contributed by atoms with Gasteiger partial charge in [0.25, 0.3) is 0 Å². The van der Waals surface area contributed by atoms with E-state index in [1.54, 1.807) is 14.2 Å². The summed E-state index contributed by atoms with van der Waals surface area (Å²) in [5.74, 6) is 1.77. The highest BCUT2D eigenvalue weighted by Crippen LogP contribution is 2.18. The van der Waals surface area contributed by atoms with Crippen molar-refractivity contribution >= 4 is 5.96 Å². The minimum absolute atomic E-state index is 0.285. The Morgan fingerprint density at radius 2 is 2.05 bits per heavy atom. The number of guanidine groups is 1. The summed E-state index contributed by atoms with van der Waals surface area (Å²) >= 11 is 0. The zero-order valence-electron chi connectivity index (χ0n) is 14.4. The highest BCUT2D eigenvalue weighted by atomic mass is 16.5. The first kappa shape index (κ1) is 18.3. The summed E-state index contributed by atoms with van der Waals surface area (Å²) in [7, 11) is 5.51. The topological polar surface area (TPSA) is 46.1 Å². The number of nitrogens with zero attached hydrogens (tertiary/aromatic N) is 2. The van der Waals surface area contributed by atoms with Crippen molar-refractivity contribution < 1.29 is 9.47 Å². The number of methoxy groups -OCH3 is 1. The fraction of sp³-hybridized carbons (Fsp3) is 0.588. The smallest absolute Gasteiger partial charge is 0.193 e. The number of para-hydroxylation sites is 1. The molecule has 124 valence electrons. The predicted octanol–water partition coefficient (Wildman–Crippen LogP) is 2.52. The van der Waals surface area contributed by atoms with E-state index in [1.807, 2.05) is 39.1 Å². The van der Waals surface area contributed by atoms with Crippen molar-refractivity contribution in [3.05, 3.63) is 29.8 Å². The van der Waals surface area contributed by atoms with Crippen molar-refractivity contribution in [2.45, 2.75) is 32.9 Å². The van der Waals surface area contributed by atoms with Crippen molar-refractivity contribution in [3.63, 3.8) is 0 Å². The minimum Gasteiger partial charge on any atom is -0.496 e. The Balaban J connectivity index is 2.46. The Kier molecular flexibility index (Phi) is 8.36. The number of benzene rings is 1. The molecule has 1 N–H and O–H groups in total. The lowest BCUT2D eigenvalue weighted by molar-refractivity contribution is 0.0776. The van der Waals surface area contributed by atoms with Crippen molar-refractivity contribution in [2.75, 3.05) is 34.4 Å². The average molecular weight is 307 g/mol. The van der Waals surface area contributed by atoms with E-state index in [0.717, 1.165) is 43.4 Å². The highest BCUT2D eigenvalue weighted by molar-refractivity contribution is 5.79. The van der Waals surface area contributed by atoms with Gasteiger partial charge in [-0.1, -0.05) is 18.2 Å². The quantitative estimate of drug-likeness (QED) is 0.455. The summed E-state index contributed by atoms with van der Waals surface area (Å²) in [5, 5.41) is 3.36. The second kappa shape index (κ2) is 10.1. The summed E-state index contributed by atoms with van der Waals surface area (Å²) in [4.78, 5) is 6.41. The number of aliphatic imine (C=N–C) groups is 1. The zero-order chi connectivity index (χ0) is 16.4. The number of rotatable bonds is 8. The largest absolute Gasteiger partial charge is 0.496 e. The van der Waals surface area contributed by atoms with Crippen LogP contribution in [0.5, 0.6) is 5.75 Å². The molecule has 22 heavy (non-hydrogen) atoms. The third-order valence-electron chi connectivity index (χ3n) is 3.23. The summed E-state index contributed by atoms with van der Waals surface area (Å²) < 4.78 is 10.9. The van der Waals surface area contributed by atoms with E-state index in [-0.39, 0.29) is 6.10 Å². The van der Waals surface area contributed by atoms with E-state index in [4.69, 9.17) is 9.47 Å². The Morgan fingerprint density at radius 3 is 2.68 bits per heavy atom. The van der Waals surface area contributed by atoms with Gasteiger partial charge in [-0.15, -0.1) is 0 Å². The molecular formula is C17H29N3O2. The molecule has 1 aromatic rings. The van der Waals surface area contributed by atoms with Gasteiger partial charge in [-0.2, -0.15) is 0 Å². The van der Waals surface area contributed by atoms with Crippen molar-refractivity contribution in [2.24, 2.45) is 4.99 Å². The van der Waals surface area contributed by atoms with Crippen LogP contribution in [0.25, 0.3) is 0 Å². The van der Waals surface area contributed by atoms with Crippen LogP contribution in [-0.4, -0.2) is 51.3 Å². The van der Waals surface area contributed by atoms with Gasteiger partial charge in [0.05, 0.1) is 13.2 Å². The molecule has 0 spiro atoms. The molecule has 0 bridgehead atoms. The molecule has 1 aromatic carbocycles. The lowest BCUT2D eigenvalue weighted by Gasteiger charge is -2.23. The molecule has 0 aliphatic heterocycles. The Bertz CT molecular complexity index is 461. The fourth-order valence-electron chi connectivity index (χ4n) is 2.14. The van der Waals surface area contributed by atoms with E-state index >= 15 is 0 Å². The molecule has 0 unspecified atom stereocenters. The maximum atomic E-state index is 5.53. The molecule has 0 aliphatic rings. The van der Waals surface area contributed by atoms with Crippen LogP contribution in [0.15, 0.2) is 29.3 Å². The Morgan fingerprint density at radius 1 is 1.32 bits per heavy atom. The van der Waals surface area contributed by atoms with Gasteiger partial charge < -0.3 is 19.7 Å². The third kappa shape index (κ3) is 6.35. The maximum absolute atomic E-state index is 5.53. The second-order valence-electron chi connectivity index (χ2n) is 5.41. The van der Waals surface area contributed by atoms with Crippen LogP contribution in [0.4, 0.5) is 0 Å². The van der Waals surface area contributed by atoms with Gasteiger partial charge in [-0.25, -0.2) is 0 Å². The predicted molar refractivity (Wildman–Crippen MR) is 91.5 cm³/mol. The van der Waals surface area contributed by atoms with E-state index in [9.17, 15) is 0 Å². The molecule has 1 rings (SSSR count). The van der Waals surface area contributed by atoms with Crippen LogP contribution in [0.3, 0.4) is 0 Å². The molecule has 0 fully saturated rings. The molecule has 0 aromatic heterocycles. The molecule has 0 radical (unpaired) electrons. The van der Waals surface area contributed by atoms with Gasteiger partial charge in [0.15, 0.2) is 5.96 Å². The molecule has 0 amide bonds. The van der Waals surface area contributed by atoms with E-state index < -0.39 is 0 Å². The maximum Gasteiger partial charge on any atom is 0.193 e. The molecule has 5 heteroatoms. The van der Waals surface area contributed by atoms with Crippen LogP contribution in [0.1, 0.15) is 25.8 Å². The first-order valence-corrected chi connectivity index (χ1v) is 7.73. The Labute approximate surface area is 134 Å². The highest BCUT2D eigenvalue weighted by Gasteiger charge is 2.09. The molecular weight excluding hydrogens is 278 g/mol. The molecule has 0 saturated heterocycles. The van der Waals surface area contributed by atoms with Gasteiger partial charge in [0.1, 0.15) is 5.75 Å². The van der Waals surface area contributed by atoms with Gasteiger partial charge in [0.2, 0.25) is 0 Å². The van der Waals surface area contributed by atoms with Crippen LogP contribution >= 0.6 is 0 Å². The average Bonchev–Trinajstić information content (AvgIpc) is 2.51. The van der Waals surface area contributed by atoms with Crippen LogP contribution < -0.4 is 10.1 Å². The first-order chi connectivity index (χ1) is 10.6. The fourth-order valence-corrected chi connectivity index (χ4v) is 2.14. The normalized spacial score (nSPS) is 11.6. The van der Waals surface area contributed by atoms with Gasteiger partial charge in [-0.3, -0.25) is 4.99 Å². The minimum atomic E-state index is 0.285. The third-order valence-corrected chi connectivity index (χ3v) is 3.23. The molecule has 5 nitrogen and oxygen atoms in total. The SMILES string of the molecule is CN=C(NCCCOC(C)C)N(C)Cc1ccccc1OC. The van der Waals surface area contributed by atoms with Crippen molar-refractivity contribution in [1.82, 2.24) is 10.2 Å². The summed E-state index contributed by atoms with van der Waals surface area (Å²) in [6.07, 6.45) is 1.24. The molecule has 0 saturated carbocycles. The summed E-state index contributed by atoms with van der Waals surface area (Å²) in [6, 6.07) is 8.04. The molecule has 0 atom stereocenters. The van der Waals surface area contributed by atoms with Crippen molar-refractivity contribution in [3.8, 4) is 5.75 Å². The Hall–Kier alpha value is -1.75. The first-order valence-electron chi connectivity index (χ1n) is 7.73. The van der Waals surface area contributed by atoms with Gasteiger partial charge in [-0.05, 0) is 26.3 Å². The lowest BCUT2D eigenvalue weighted by Crippen LogP contribution is -2.39. The van der Waals surface area contributed by atoms with Crippen molar-refractivity contribution in [1.29, 1.82) is 0 Å². The van der Waals surface area contributed by atoms with E-state index in [0.29, 0.717) is 0 Å². The van der Waals surface area contributed by atoms with Crippen LogP contribution in [-0.2, 0) is 11.3 Å². The van der Waals surface area contributed by atoms with E-state index in [1.165, 1.54) is 0 Å². The lowest BCUT2D eigenvalue weighted by atomic mass is 10.2. The molecule has 0 heterocycles. The molecule has 0 aliphatic carbocycles. The van der Waals surface area contributed by atoms with Gasteiger partial charge >= 0.3 is 0 Å². The summed E-state index contributed by atoms with van der Waals surface area (Å²) in [6.45, 7) is 6.44. The standard InChI is InChI=1S/C17H29N3O2/c1-14(2)22-12-8-11-19-17(18-3)20(4)13-15-9-6-7-10-16(15)21-5/h6-7,9-10,14H,8,11-13H2,1-5H3,(H,18,19). The number of nitrogens with one attached hydrogen (secondary N) is 1. The zero-order valence-corrected chi connectivity index (χ0v) is 14.4. The number of ether oxygens (including phenoxy) is 2. The number of hydrogen-bond donors (Lipinski definition) is 1. The van der Waals surface area contributed by atoms with Crippen LogP contribution in [0.2, 0.25) is 0 Å². The van der Waals surface area contributed by atoms with E-state index in [2.05, 4.69) is 21.3 Å². The monoisotopic (exact) mass is 307 g/mol.